The second-order valence-corrected chi connectivity index (χ2v) is 5.11. The molecule has 1 N–H and O–H groups in total. The number of hydrogen-bond donors (Lipinski definition) is 1. The van der Waals surface area contributed by atoms with E-state index in [2.05, 4.69) is 0 Å². The van der Waals surface area contributed by atoms with Crippen molar-refractivity contribution in [3.05, 3.63) is 54.1 Å². The van der Waals surface area contributed by atoms with Crippen LogP contribution >= 0.6 is 0 Å². The van der Waals surface area contributed by atoms with Gasteiger partial charge in [0, 0.05) is 0 Å². The quantitative estimate of drug-likeness (QED) is 0.840. The Balaban J connectivity index is 2.38. The lowest BCUT2D eigenvalue weighted by molar-refractivity contribution is 0.483. The van der Waals surface area contributed by atoms with Crippen LogP contribution < -0.4 is 0 Å². The first-order valence-corrected chi connectivity index (χ1v) is 6.53. The van der Waals surface area contributed by atoms with Crippen molar-refractivity contribution in [2.75, 3.05) is 0 Å². The molecule has 0 saturated carbocycles. The molecule has 0 atom stereocenters. The van der Waals surface area contributed by atoms with Crippen molar-refractivity contribution in [3.63, 3.8) is 0 Å². The van der Waals surface area contributed by atoms with Crippen molar-refractivity contribution in [3.8, 4) is 17.2 Å². The smallest absolute Gasteiger partial charge is 0.282 e. The third kappa shape index (κ3) is 2.56. The molecule has 0 bridgehead atoms. The van der Waals surface area contributed by atoms with Crippen LogP contribution in [0.4, 0.5) is 0 Å². The van der Waals surface area contributed by atoms with Gasteiger partial charge in [0.2, 0.25) is 0 Å². The van der Waals surface area contributed by atoms with Gasteiger partial charge in [0.25, 0.3) is 10.1 Å². The molecule has 0 fully saturated rings. The first-order valence-electron chi connectivity index (χ1n) is 5.09. The minimum atomic E-state index is -4.16. The van der Waals surface area contributed by atoms with Gasteiger partial charge in [0.1, 0.15) is 0 Å². The molecule has 0 unspecified atom stereocenters. The standard InChI is InChI=1S/C13H9NO3S/c14-9-10-1-3-11(4-2-10)12-5-7-13(8-6-12)18(15,16)17/h1-8H,(H,15,16,17). The molecular formula is C13H9NO3S. The van der Waals surface area contributed by atoms with Gasteiger partial charge in [-0.2, -0.15) is 13.7 Å². The fourth-order valence-electron chi connectivity index (χ4n) is 1.56. The molecule has 0 aromatic heterocycles. The van der Waals surface area contributed by atoms with E-state index in [-0.39, 0.29) is 4.90 Å². The van der Waals surface area contributed by atoms with Crippen LogP contribution in [0.15, 0.2) is 53.4 Å². The van der Waals surface area contributed by atoms with Crippen LogP contribution in [0.3, 0.4) is 0 Å². The molecule has 18 heavy (non-hydrogen) atoms. The number of benzene rings is 2. The zero-order valence-corrected chi connectivity index (χ0v) is 10.1. The molecule has 0 spiro atoms. The predicted octanol–water partition coefficient (Wildman–Crippen LogP) is 2.47. The van der Waals surface area contributed by atoms with Gasteiger partial charge < -0.3 is 0 Å². The minimum Gasteiger partial charge on any atom is -0.282 e. The summed E-state index contributed by atoms with van der Waals surface area (Å²) in [7, 11) is -4.16. The summed E-state index contributed by atoms with van der Waals surface area (Å²) in [6, 6.07) is 14.8. The summed E-state index contributed by atoms with van der Waals surface area (Å²) >= 11 is 0. The van der Waals surface area contributed by atoms with E-state index in [0.717, 1.165) is 11.1 Å². The fourth-order valence-corrected chi connectivity index (χ4v) is 2.04. The van der Waals surface area contributed by atoms with Crippen molar-refractivity contribution in [2.24, 2.45) is 0 Å². The highest BCUT2D eigenvalue weighted by Crippen LogP contribution is 2.21. The van der Waals surface area contributed by atoms with Crippen LogP contribution in [0.2, 0.25) is 0 Å². The van der Waals surface area contributed by atoms with Crippen LogP contribution in [0.1, 0.15) is 5.56 Å². The molecule has 0 amide bonds. The van der Waals surface area contributed by atoms with Crippen LogP contribution in [0.5, 0.6) is 0 Å². The Morgan fingerprint density at radius 1 is 0.889 bits per heavy atom. The molecule has 0 aliphatic heterocycles. The molecule has 2 aromatic rings. The lowest BCUT2D eigenvalue weighted by Crippen LogP contribution is -1.97. The average Bonchev–Trinajstić information content (AvgIpc) is 2.38. The molecule has 0 heterocycles. The molecular weight excluding hydrogens is 250 g/mol. The molecule has 2 aromatic carbocycles. The van der Waals surface area contributed by atoms with E-state index in [0.29, 0.717) is 5.56 Å². The summed E-state index contributed by atoms with van der Waals surface area (Å²) in [6.45, 7) is 0. The Morgan fingerprint density at radius 3 is 1.72 bits per heavy atom. The van der Waals surface area contributed by atoms with Crippen molar-refractivity contribution in [1.82, 2.24) is 0 Å². The van der Waals surface area contributed by atoms with Crippen LogP contribution in [0, 0.1) is 11.3 Å². The van der Waals surface area contributed by atoms with Crippen LogP contribution in [-0.4, -0.2) is 13.0 Å². The Labute approximate surface area is 105 Å². The minimum absolute atomic E-state index is 0.139. The Bertz CT molecular complexity index is 695. The van der Waals surface area contributed by atoms with Crippen molar-refractivity contribution in [1.29, 1.82) is 5.26 Å². The van der Waals surface area contributed by atoms with Crippen molar-refractivity contribution < 1.29 is 13.0 Å². The average molecular weight is 259 g/mol. The molecule has 4 nitrogen and oxygen atoms in total. The van der Waals surface area contributed by atoms with Crippen LogP contribution in [-0.2, 0) is 10.1 Å². The van der Waals surface area contributed by atoms with E-state index in [9.17, 15) is 8.42 Å². The van der Waals surface area contributed by atoms with E-state index >= 15 is 0 Å². The number of nitriles is 1. The van der Waals surface area contributed by atoms with E-state index in [1.54, 1.807) is 36.4 Å². The van der Waals surface area contributed by atoms with Gasteiger partial charge >= 0.3 is 0 Å². The lowest BCUT2D eigenvalue weighted by atomic mass is 10.0. The van der Waals surface area contributed by atoms with Crippen molar-refractivity contribution in [2.45, 2.75) is 4.90 Å². The molecule has 0 saturated heterocycles. The lowest BCUT2D eigenvalue weighted by Gasteiger charge is -2.02. The maximum atomic E-state index is 10.9. The number of hydrogen-bond acceptors (Lipinski definition) is 3. The first-order chi connectivity index (χ1) is 8.50. The Morgan fingerprint density at radius 2 is 1.33 bits per heavy atom. The van der Waals surface area contributed by atoms with Gasteiger partial charge in [0.15, 0.2) is 0 Å². The van der Waals surface area contributed by atoms with Gasteiger partial charge in [-0.25, -0.2) is 0 Å². The topological polar surface area (TPSA) is 78.2 Å². The highest BCUT2D eigenvalue weighted by atomic mass is 32.2. The second kappa shape index (κ2) is 4.61. The fraction of sp³-hybridized carbons (Fsp3) is 0. The highest BCUT2D eigenvalue weighted by Gasteiger charge is 2.08. The number of nitrogens with zero attached hydrogens (tertiary/aromatic N) is 1. The summed E-state index contributed by atoms with van der Waals surface area (Å²) in [5.74, 6) is 0. The number of rotatable bonds is 2. The summed E-state index contributed by atoms with van der Waals surface area (Å²) in [5.41, 5.74) is 2.25. The summed E-state index contributed by atoms with van der Waals surface area (Å²) in [4.78, 5) is -0.139. The maximum Gasteiger partial charge on any atom is 0.294 e. The largest absolute Gasteiger partial charge is 0.294 e. The van der Waals surface area contributed by atoms with E-state index in [4.69, 9.17) is 9.81 Å². The normalized spacial score (nSPS) is 10.9. The Kier molecular flexibility index (Phi) is 3.15. The summed E-state index contributed by atoms with van der Waals surface area (Å²) in [6.07, 6.45) is 0. The predicted molar refractivity (Wildman–Crippen MR) is 66.4 cm³/mol. The highest BCUT2D eigenvalue weighted by molar-refractivity contribution is 7.85. The second-order valence-electron chi connectivity index (χ2n) is 3.69. The zero-order chi connectivity index (χ0) is 13.2. The van der Waals surface area contributed by atoms with Gasteiger partial charge in [0.05, 0.1) is 16.5 Å². The molecule has 0 radical (unpaired) electrons. The Hall–Kier alpha value is -2.16. The monoisotopic (exact) mass is 259 g/mol. The third-order valence-electron chi connectivity index (χ3n) is 2.50. The summed E-state index contributed by atoms with van der Waals surface area (Å²) < 4.78 is 30.6. The molecule has 0 aliphatic rings. The van der Waals surface area contributed by atoms with E-state index < -0.39 is 10.1 Å². The molecule has 90 valence electrons. The first kappa shape index (κ1) is 12.3. The zero-order valence-electron chi connectivity index (χ0n) is 9.24. The van der Waals surface area contributed by atoms with Gasteiger partial charge in [-0.15, -0.1) is 0 Å². The van der Waals surface area contributed by atoms with Crippen LogP contribution in [0.25, 0.3) is 11.1 Å². The maximum absolute atomic E-state index is 10.9. The van der Waals surface area contributed by atoms with Crippen molar-refractivity contribution >= 4 is 10.1 Å². The van der Waals surface area contributed by atoms with Gasteiger partial charge in [-0.1, -0.05) is 24.3 Å². The molecule has 2 rings (SSSR count). The van der Waals surface area contributed by atoms with Gasteiger partial charge in [-0.05, 0) is 35.4 Å². The van der Waals surface area contributed by atoms with E-state index in [1.165, 1.54) is 12.1 Å². The SMILES string of the molecule is N#Cc1ccc(-c2ccc(S(=O)(=O)O)cc2)cc1. The summed E-state index contributed by atoms with van der Waals surface area (Å²) in [5, 5.41) is 8.68. The molecule has 5 heteroatoms. The molecule has 0 aliphatic carbocycles. The van der Waals surface area contributed by atoms with E-state index in [1.807, 2.05) is 6.07 Å². The van der Waals surface area contributed by atoms with Gasteiger partial charge in [-0.3, -0.25) is 4.55 Å². The third-order valence-corrected chi connectivity index (χ3v) is 3.37.